The zero-order valence-electron chi connectivity index (χ0n) is 11.4. The third-order valence-electron chi connectivity index (χ3n) is 3.53. The van der Waals surface area contributed by atoms with E-state index < -0.39 is 8.56 Å². The summed E-state index contributed by atoms with van der Waals surface area (Å²) in [6.07, 6.45) is 1.91. The molecule has 100 valence electrons. The molecule has 2 aromatic carbocycles. The van der Waals surface area contributed by atoms with Gasteiger partial charge in [0.05, 0.1) is 0 Å². The average molecular weight is 272 g/mol. The smallest absolute Gasteiger partial charge is 0.401 e. The molecule has 2 rings (SSSR count). The van der Waals surface area contributed by atoms with Crippen molar-refractivity contribution in [3.8, 4) is 0 Å². The molecule has 0 fully saturated rings. The fraction of sp³-hybridized carbons (Fsp3) is 0.250. The summed E-state index contributed by atoms with van der Waals surface area (Å²) >= 11 is 0. The lowest BCUT2D eigenvalue weighted by molar-refractivity contribution is 0.401. The molecule has 0 aromatic heterocycles. The third kappa shape index (κ3) is 2.95. The molecule has 0 aliphatic heterocycles. The second-order valence-electron chi connectivity index (χ2n) is 4.77. The summed E-state index contributed by atoms with van der Waals surface area (Å²) < 4.78 is 0. The van der Waals surface area contributed by atoms with Gasteiger partial charge in [-0.1, -0.05) is 62.4 Å². The normalized spacial score (nSPS) is 11.6. The molecule has 0 aliphatic carbocycles. The molecule has 0 saturated carbocycles. The Morgan fingerprint density at radius 2 is 1.00 bits per heavy atom. The lowest BCUT2D eigenvalue weighted by Gasteiger charge is -2.19. The Morgan fingerprint density at radius 3 is 1.26 bits per heavy atom. The summed E-state index contributed by atoms with van der Waals surface area (Å²) in [4.78, 5) is 21.0. The topological polar surface area (TPSA) is 40.5 Å². The van der Waals surface area contributed by atoms with E-state index in [-0.39, 0.29) is 0 Å². The van der Waals surface area contributed by atoms with Crippen molar-refractivity contribution in [2.24, 2.45) is 0 Å². The van der Waals surface area contributed by atoms with E-state index in [1.165, 1.54) is 11.1 Å². The zero-order valence-corrected chi connectivity index (χ0v) is 12.4. The van der Waals surface area contributed by atoms with Crippen LogP contribution >= 0.6 is 0 Å². The van der Waals surface area contributed by atoms with Crippen LogP contribution in [0.4, 0.5) is 0 Å². The van der Waals surface area contributed by atoms with E-state index in [2.05, 4.69) is 13.8 Å². The monoisotopic (exact) mass is 272 g/mol. The van der Waals surface area contributed by atoms with Crippen molar-refractivity contribution in [1.29, 1.82) is 0 Å². The van der Waals surface area contributed by atoms with Crippen LogP contribution in [0.5, 0.6) is 0 Å². The Balaban J connectivity index is 2.33. The van der Waals surface area contributed by atoms with Crippen LogP contribution in [0.25, 0.3) is 0 Å². The van der Waals surface area contributed by atoms with Gasteiger partial charge in [0.15, 0.2) is 0 Å². The van der Waals surface area contributed by atoms with Gasteiger partial charge in [0.2, 0.25) is 0 Å². The number of hydrogen-bond acceptors (Lipinski definition) is 2. The average Bonchev–Trinajstić information content (AvgIpc) is 2.47. The van der Waals surface area contributed by atoms with E-state index >= 15 is 0 Å². The first-order valence-electron chi connectivity index (χ1n) is 6.71. The molecule has 2 nitrogen and oxygen atoms in total. The molecular formula is C16H20O2Si. The SMILES string of the molecule is CCc1ccc([Si](O)(O)c2ccc(CC)cc2)cc1. The first kappa shape index (κ1) is 14.0. The van der Waals surface area contributed by atoms with E-state index in [0.29, 0.717) is 10.4 Å². The highest BCUT2D eigenvalue weighted by atomic mass is 28.4. The molecule has 0 saturated heterocycles. The maximum absolute atomic E-state index is 10.5. The highest BCUT2D eigenvalue weighted by Crippen LogP contribution is 2.04. The first-order valence-corrected chi connectivity index (χ1v) is 8.61. The van der Waals surface area contributed by atoms with Gasteiger partial charge in [-0.05, 0) is 34.3 Å². The fourth-order valence-corrected chi connectivity index (χ4v) is 3.71. The van der Waals surface area contributed by atoms with Crippen LogP contribution < -0.4 is 10.4 Å². The summed E-state index contributed by atoms with van der Waals surface area (Å²) in [5.41, 5.74) is 2.41. The molecule has 0 bridgehead atoms. The summed E-state index contributed by atoms with van der Waals surface area (Å²) in [5.74, 6) is 0. The van der Waals surface area contributed by atoms with Gasteiger partial charge in [0.1, 0.15) is 0 Å². The molecule has 0 amide bonds. The summed E-state index contributed by atoms with van der Waals surface area (Å²) in [5, 5.41) is 1.27. The molecule has 0 radical (unpaired) electrons. The van der Waals surface area contributed by atoms with Gasteiger partial charge >= 0.3 is 8.56 Å². The van der Waals surface area contributed by atoms with Crippen LogP contribution in [0.15, 0.2) is 48.5 Å². The summed E-state index contributed by atoms with van der Waals surface area (Å²) in [7, 11) is -3.53. The van der Waals surface area contributed by atoms with Crippen molar-refractivity contribution < 1.29 is 9.59 Å². The molecule has 19 heavy (non-hydrogen) atoms. The van der Waals surface area contributed by atoms with E-state index in [1.54, 1.807) is 0 Å². The lowest BCUT2D eigenvalue weighted by Crippen LogP contribution is -2.59. The molecule has 0 aliphatic rings. The Hall–Kier alpha value is -1.42. The highest BCUT2D eigenvalue weighted by Gasteiger charge is 2.34. The van der Waals surface area contributed by atoms with E-state index in [1.807, 2.05) is 48.5 Å². The molecule has 0 atom stereocenters. The summed E-state index contributed by atoms with van der Waals surface area (Å²) in [6.45, 7) is 4.17. The van der Waals surface area contributed by atoms with Crippen molar-refractivity contribution in [2.75, 3.05) is 0 Å². The quantitative estimate of drug-likeness (QED) is 0.825. The van der Waals surface area contributed by atoms with Gasteiger partial charge in [-0.25, -0.2) is 0 Å². The van der Waals surface area contributed by atoms with E-state index in [0.717, 1.165) is 12.8 Å². The minimum absolute atomic E-state index is 0.633. The molecule has 2 aromatic rings. The number of benzene rings is 2. The lowest BCUT2D eigenvalue weighted by atomic mass is 10.2. The second kappa shape index (κ2) is 5.69. The Morgan fingerprint density at radius 1 is 0.684 bits per heavy atom. The van der Waals surface area contributed by atoms with Gasteiger partial charge in [-0.3, -0.25) is 0 Å². The highest BCUT2D eigenvalue weighted by molar-refractivity contribution is 6.90. The maximum atomic E-state index is 10.5. The van der Waals surface area contributed by atoms with E-state index in [9.17, 15) is 9.59 Å². The largest absolute Gasteiger partial charge is 0.404 e. The minimum Gasteiger partial charge on any atom is -0.404 e. The summed E-state index contributed by atoms with van der Waals surface area (Å²) in [6, 6.07) is 15.2. The molecule has 3 heteroatoms. The van der Waals surface area contributed by atoms with Crippen LogP contribution in [-0.2, 0) is 12.8 Å². The van der Waals surface area contributed by atoms with Crippen LogP contribution in [0.2, 0.25) is 0 Å². The van der Waals surface area contributed by atoms with Crippen molar-refractivity contribution >= 4 is 18.9 Å². The predicted molar refractivity (Wildman–Crippen MR) is 81.1 cm³/mol. The molecular weight excluding hydrogens is 252 g/mol. The van der Waals surface area contributed by atoms with Crippen LogP contribution in [0, 0.1) is 0 Å². The van der Waals surface area contributed by atoms with Crippen LogP contribution in [0.1, 0.15) is 25.0 Å². The number of rotatable bonds is 4. The number of aryl methyl sites for hydroxylation is 2. The van der Waals surface area contributed by atoms with Crippen LogP contribution in [-0.4, -0.2) is 18.2 Å². The Kier molecular flexibility index (Phi) is 4.19. The van der Waals surface area contributed by atoms with Crippen LogP contribution in [0.3, 0.4) is 0 Å². The Labute approximate surface area is 115 Å². The maximum Gasteiger partial charge on any atom is 0.401 e. The van der Waals surface area contributed by atoms with Crippen molar-refractivity contribution in [3.63, 3.8) is 0 Å². The zero-order chi connectivity index (χ0) is 13.9. The van der Waals surface area contributed by atoms with Gasteiger partial charge < -0.3 is 9.59 Å². The third-order valence-corrected chi connectivity index (χ3v) is 5.81. The van der Waals surface area contributed by atoms with Gasteiger partial charge in [-0.2, -0.15) is 0 Å². The molecule has 0 heterocycles. The van der Waals surface area contributed by atoms with E-state index in [4.69, 9.17) is 0 Å². The fourth-order valence-electron chi connectivity index (χ4n) is 2.11. The standard InChI is InChI=1S/C16H20O2Si/c1-3-13-5-9-15(10-6-13)19(17,18)16-11-7-14(4-2)8-12-16/h5-12,17-18H,3-4H2,1-2H3. The molecule has 0 unspecified atom stereocenters. The molecule has 0 spiro atoms. The second-order valence-corrected chi connectivity index (χ2v) is 7.27. The van der Waals surface area contributed by atoms with Gasteiger partial charge in [0.25, 0.3) is 0 Å². The van der Waals surface area contributed by atoms with Crippen molar-refractivity contribution in [1.82, 2.24) is 0 Å². The predicted octanol–water partition coefficient (Wildman–Crippen LogP) is 1.35. The molecule has 2 N–H and O–H groups in total. The first-order chi connectivity index (χ1) is 9.07. The van der Waals surface area contributed by atoms with Gasteiger partial charge in [-0.15, -0.1) is 0 Å². The van der Waals surface area contributed by atoms with Gasteiger partial charge in [0, 0.05) is 0 Å². The number of hydrogen-bond donors (Lipinski definition) is 2. The Bertz CT molecular complexity index is 480. The van der Waals surface area contributed by atoms with Crippen molar-refractivity contribution in [2.45, 2.75) is 26.7 Å². The minimum atomic E-state index is -3.53. The van der Waals surface area contributed by atoms with Crippen molar-refractivity contribution in [3.05, 3.63) is 59.7 Å².